The van der Waals surface area contributed by atoms with Gasteiger partial charge in [0.15, 0.2) is 12.0 Å². The van der Waals surface area contributed by atoms with Gasteiger partial charge >= 0.3 is 0 Å². The van der Waals surface area contributed by atoms with Crippen molar-refractivity contribution in [1.82, 2.24) is 25.2 Å². The van der Waals surface area contributed by atoms with Crippen molar-refractivity contribution in [2.24, 2.45) is 0 Å². The Morgan fingerprint density at radius 3 is 2.50 bits per heavy atom. The number of hydrogen-bond acceptors (Lipinski definition) is 7. The van der Waals surface area contributed by atoms with Crippen LogP contribution in [-0.2, 0) is 15.0 Å². The summed E-state index contributed by atoms with van der Waals surface area (Å²) in [6.45, 7) is 6.24. The first kappa shape index (κ1) is 29.6. The third kappa shape index (κ3) is 6.00. The minimum Gasteiger partial charge on any atom is -0.391 e. The molecule has 11 heteroatoms. The first-order valence-corrected chi connectivity index (χ1v) is 14.3. The smallest absolute Gasteiger partial charge is 0.248 e. The molecule has 1 aliphatic heterocycles. The molecule has 1 amide bonds. The van der Waals surface area contributed by atoms with Gasteiger partial charge in [-0.05, 0) is 29.4 Å². The number of nitriles is 1. The number of fused-ring (bicyclic) bond motifs is 1. The SMILES string of the molecule is CC(C)(C)c1ccc(C(C(=O)C2CC(O)CN2C#N)C(C(=O)NC2CCC(F)(F)CC2)c2cncc3[nH]cnc23)cc1. The second-order valence-electron chi connectivity index (χ2n) is 12.6. The Morgan fingerprint density at radius 1 is 1.17 bits per heavy atom. The number of carbonyl (C=O) groups is 2. The molecule has 3 N–H and O–H groups in total. The highest BCUT2D eigenvalue weighted by Gasteiger charge is 2.46. The standard InChI is InChI=1S/C31H36F2N6O3/c1-30(2,3)19-6-4-18(5-7-19)25(28(41)24-12-21(40)15-39(24)16-34)26(22-13-35-14-23-27(22)37-17-36-23)29(42)38-20-8-10-31(32,33)11-9-20/h4-7,13-14,17,20-21,24-26,40H,8-12,15H2,1-3H3,(H,36,37)(H,38,42). The Bertz CT molecular complexity index is 1480. The van der Waals surface area contributed by atoms with Crippen LogP contribution in [0.2, 0.25) is 0 Å². The molecule has 3 aromatic rings. The van der Waals surface area contributed by atoms with E-state index in [4.69, 9.17) is 0 Å². The number of H-pyrrole nitrogens is 1. The van der Waals surface area contributed by atoms with E-state index in [0.717, 1.165) is 5.56 Å². The van der Waals surface area contributed by atoms with E-state index in [1.807, 2.05) is 30.5 Å². The molecule has 2 fully saturated rings. The Kier molecular flexibility index (Phi) is 8.03. The zero-order valence-corrected chi connectivity index (χ0v) is 24.0. The number of Topliss-reactive ketones (excluding diaryl/α,β-unsaturated/α-hetero) is 1. The van der Waals surface area contributed by atoms with Crippen LogP contribution in [0.25, 0.3) is 11.0 Å². The molecular formula is C31H36F2N6O3. The average Bonchev–Trinajstić information content (AvgIpc) is 3.58. The Labute approximate surface area is 243 Å². The number of alkyl halides is 2. The number of rotatable bonds is 7. The van der Waals surface area contributed by atoms with Gasteiger partial charge in [0.05, 0.1) is 48.0 Å². The average molecular weight is 579 g/mol. The highest BCUT2D eigenvalue weighted by molar-refractivity contribution is 6.00. The van der Waals surface area contributed by atoms with Gasteiger partial charge in [-0.15, -0.1) is 0 Å². The van der Waals surface area contributed by atoms with Crippen LogP contribution >= 0.6 is 0 Å². The Morgan fingerprint density at radius 2 is 1.86 bits per heavy atom. The highest BCUT2D eigenvalue weighted by atomic mass is 19.3. The molecule has 1 aliphatic carbocycles. The van der Waals surface area contributed by atoms with Crippen molar-refractivity contribution in [2.45, 2.75) is 94.2 Å². The minimum absolute atomic E-state index is 0.0201. The van der Waals surface area contributed by atoms with E-state index in [-0.39, 0.29) is 49.8 Å². The summed E-state index contributed by atoms with van der Waals surface area (Å²) in [5.41, 5.74) is 2.89. The lowest BCUT2D eigenvalue weighted by Gasteiger charge is -2.33. The summed E-state index contributed by atoms with van der Waals surface area (Å²) in [5, 5.41) is 23.1. The van der Waals surface area contributed by atoms with E-state index < -0.39 is 41.9 Å². The number of nitrogens with one attached hydrogen (secondary N) is 2. The van der Waals surface area contributed by atoms with Crippen molar-refractivity contribution >= 4 is 22.7 Å². The summed E-state index contributed by atoms with van der Waals surface area (Å²) >= 11 is 0. The van der Waals surface area contributed by atoms with Gasteiger partial charge in [-0.2, -0.15) is 5.26 Å². The van der Waals surface area contributed by atoms with Gasteiger partial charge in [0.2, 0.25) is 11.8 Å². The van der Waals surface area contributed by atoms with E-state index in [0.29, 0.717) is 22.2 Å². The first-order valence-electron chi connectivity index (χ1n) is 14.3. The van der Waals surface area contributed by atoms with Gasteiger partial charge in [-0.1, -0.05) is 45.0 Å². The number of imidazole rings is 1. The molecule has 4 unspecified atom stereocenters. The number of nitrogens with zero attached hydrogens (tertiary/aromatic N) is 4. The van der Waals surface area contributed by atoms with Crippen LogP contribution in [0.5, 0.6) is 0 Å². The molecule has 42 heavy (non-hydrogen) atoms. The Hall–Kier alpha value is -3.91. The quantitative estimate of drug-likeness (QED) is 0.356. The van der Waals surface area contributed by atoms with Crippen molar-refractivity contribution in [3.8, 4) is 6.19 Å². The normalized spacial score (nSPS) is 22.5. The summed E-state index contributed by atoms with van der Waals surface area (Å²) in [6.07, 6.45) is 5.35. The molecule has 222 valence electrons. The third-order valence-electron chi connectivity index (χ3n) is 8.55. The molecular weight excluding hydrogens is 542 g/mol. The zero-order valence-electron chi connectivity index (χ0n) is 24.0. The number of amides is 1. The number of hydrogen-bond donors (Lipinski definition) is 3. The highest BCUT2D eigenvalue weighted by Crippen LogP contribution is 2.41. The number of carbonyl (C=O) groups excluding carboxylic acids is 2. The van der Waals surface area contributed by atoms with Gasteiger partial charge in [0, 0.05) is 37.1 Å². The zero-order chi connectivity index (χ0) is 30.2. The largest absolute Gasteiger partial charge is 0.391 e. The molecule has 3 heterocycles. The monoisotopic (exact) mass is 578 g/mol. The van der Waals surface area contributed by atoms with Crippen LogP contribution in [0.1, 0.15) is 81.4 Å². The summed E-state index contributed by atoms with van der Waals surface area (Å²) in [5.74, 6) is -5.84. The summed E-state index contributed by atoms with van der Waals surface area (Å²) in [7, 11) is 0. The van der Waals surface area contributed by atoms with Crippen molar-refractivity contribution < 1.29 is 23.5 Å². The number of likely N-dealkylation sites (tertiary alicyclic amines) is 1. The number of benzene rings is 1. The number of aliphatic hydroxyl groups is 1. The van der Waals surface area contributed by atoms with Crippen LogP contribution in [0.4, 0.5) is 8.78 Å². The summed E-state index contributed by atoms with van der Waals surface area (Å²) in [6, 6.07) is 6.08. The molecule has 1 saturated carbocycles. The van der Waals surface area contributed by atoms with E-state index in [1.54, 1.807) is 6.20 Å². The van der Waals surface area contributed by atoms with Gasteiger partial charge in [0.25, 0.3) is 0 Å². The lowest BCUT2D eigenvalue weighted by atomic mass is 9.75. The predicted octanol–water partition coefficient (Wildman–Crippen LogP) is 4.30. The van der Waals surface area contributed by atoms with E-state index in [9.17, 15) is 28.7 Å². The lowest BCUT2D eigenvalue weighted by Crippen LogP contribution is -2.46. The maximum Gasteiger partial charge on any atom is 0.248 e. The van der Waals surface area contributed by atoms with Gasteiger partial charge in [0.1, 0.15) is 6.04 Å². The summed E-state index contributed by atoms with van der Waals surface area (Å²) < 4.78 is 27.8. The number of aliphatic hydroxyl groups excluding tert-OH is 1. The molecule has 9 nitrogen and oxygen atoms in total. The number of pyridine rings is 1. The van der Waals surface area contributed by atoms with Crippen LogP contribution in [0, 0.1) is 11.5 Å². The molecule has 2 aliphatic rings. The number of aromatic nitrogens is 3. The van der Waals surface area contributed by atoms with Gasteiger partial charge in [-0.3, -0.25) is 19.5 Å². The maximum absolute atomic E-state index is 14.5. The molecule has 0 radical (unpaired) electrons. The molecule has 0 spiro atoms. The third-order valence-corrected chi connectivity index (χ3v) is 8.55. The second-order valence-corrected chi connectivity index (χ2v) is 12.6. The topological polar surface area (TPSA) is 135 Å². The molecule has 1 saturated heterocycles. The van der Waals surface area contributed by atoms with Crippen LogP contribution in [0.3, 0.4) is 0 Å². The molecule has 1 aromatic carbocycles. The molecule has 4 atom stereocenters. The van der Waals surface area contributed by atoms with Crippen LogP contribution < -0.4 is 5.32 Å². The van der Waals surface area contributed by atoms with E-state index >= 15 is 0 Å². The molecule has 0 bridgehead atoms. The van der Waals surface area contributed by atoms with Crippen molar-refractivity contribution in [3.63, 3.8) is 0 Å². The number of aromatic amines is 1. The van der Waals surface area contributed by atoms with Crippen LogP contribution in [-0.4, -0.2) is 67.3 Å². The van der Waals surface area contributed by atoms with Crippen LogP contribution in [0.15, 0.2) is 43.0 Å². The predicted molar refractivity (Wildman–Crippen MR) is 152 cm³/mol. The first-order chi connectivity index (χ1) is 19.9. The number of β-amino-alcohol motifs (C(OH)–C–C–N with tert-alkyl or cyclic N) is 1. The molecule has 2 aromatic heterocycles. The van der Waals surface area contributed by atoms with Gasteiger partial charge in [-0.25, -0.2) is 13.8 Å². The van der Waals surface area contributed by atoms with Crippen molar-refractivity contribution in [1.29, 1.82) is 5.26 Å². The second kappa shape index (κ2) is 11.4. The minimum atomic E-state index is -2.76. The van der Waals surface area contributed by atoms with E-state index in [1.165, 1.54) is 17.4 Å². The van der Waals surface area contributed by atoms with Gasteiger partial charge < -0.3 is 15.4 Å². The number of ketones is 1. The van der Waals surface area contributed by atoms with E-state index in [2.05, 4.69) is 41.0 Å². The van der Waals surface area contributed by atoms with Crippen molar-refractivity contribution in [3.05, 3.63) is 59.7 Å². The van der Waals surface area contributed by atoms with Crippen molar-refractivity contribution in [2.75, 3.05) is 6.54 Å². The maximum atomic E-state index is 14.5. The fourth-order valence-electron chi connectivity index (χ4n) is 6.17. The summed E-state index contributed by atoms with van der Waals surface area (Å²) in [4.78, 5) is 41.7. The fraction of sp³-hybridized carbons (Fsp3) is 0.516. The number of halogens is 2. The molecule has 5 rings (SSSR count). The lowest BCUT2D eigenvalue weighted by molar-refractivity contribution is -0.131. The Balaban J connectivity index is 1.62. The fourth-order valence-corrected chi connectivity index (χ4v) is 6.17.